The van der Waals surface area contributed by atoms with Crippen LogP contribution in [-0.2, 0) is 4.79 Å². The van der Waals surface area contributed by atoms with E-state index in [1.807, 2.05) is 0 Å². The van der Waals surface area contributed by atoms with Crippen molar-refractivity contribution in [3.05, 3.63) is 57.6 Å². The number of halogens is 1. The third-order valence-electron chi connectivity index (χ3n) is 3.30. The maximum atomic E-state index is 12.0. The van der Waals surface area contributed by atoms with Crippen LogP contribution in [0, 0.1) is 10.1 Å². The van der Waals surface area contributed by atoms with Crippen molar-refractivity contribution in [1.29, 1.82) is 0 Å². The smallest absolute Gasteiger partial charge is 0.282 e. The number of amides is 1. The lowest BCUT2D eigenvalue weighted by molar-refractivity contribution is -0.384. The second-order valence-corrected chi connectivity index (χ2v) is 6.51. The number of hydrogen-bond donors (Lipinski definition) is 2. The van der Waals surface area contributed by atoms with Gasteiger partial charge in [-0.15, -0.1) is 10.2 Å². The number of rotatable bonds is 6. The first kappa shape index (κ1) is 18.7. The first-order valence-corrected chi connectivity index (χ1v) is 8.79. The van der Waals surface area contributed by atoms with Crippen LogP contribution in [0.1, 0.15) is 0 Å². The molecule has 9 nitrogen and oxygen atoms in total. The summed E-state index contributed by atoms with van der Waals surface area (Å²) in [6.07, 6.45) is 0. The Balaban J connectivity index is 1.66. The van der Waals surface area contributed by atoms with Crippen LogP contribution in [0.15, 0.2) is 52.1 Å². The molecule has 0 saturated heterocycles. The largest absolute Gasteiger partial charge is 0.506 e. The number of nitrogens with zero attached hydrogens (tertiary/aromatic N) is 3. The Hall–Kier alpha value is -3.11. The number of phenols is 1. The number of benzene rings is 2. The molecule has 1 heterocycles. The Kier molecular flexibility index (Phi) is 5.57. The second kappa shape index (κ2) is 8.06. The highest BCUT2D eigenvalue weighted by Gasteiger charge is 2.20. The number of aromatic nitrogens is 2. The van der Waals surface area contributed by atoms with E-state index >= 15 is 0 Å². The van der Waals surface area contributed by atoms with Crippen molar-refractivity contribution in [2.75, 3.05) is 11.1 Å². The molecule has 0 unspecified atom stereocenters. The summed E-state index contributed by atoms with van der Waals surface area (Å²) in [5.74, 6) is -0.639. The Bertz CT molecular complexity index is 1010. The fraction of sp³-hybridized carbons (Fsp3) is 0.0625. The molecule has 11 heteroatoms. The standard InChI is InChI=1S/C16H11ClN4O5S/c17-9-5-6-13(22)11(7-9)18-14(23)8-27-16-20-19-15(26-16)10-3-1-2-4-12(10)21(24)25/h1-7,22H,8H2,(H,18,23). The van der Waals surface area contributed by atoms with Crippen molar-refractivity contribution in [3.63, 3.8) is 0 Å². The summed E-state index contributed by atoms with van der Waals surface area (Å²) in [4.78, 5) is 22.5. The first-order chi connectivity index (χ1) is 12.9. The van der Waals surface area contributed by atoms with Crippen LogP contribution in [0.4, 0.5) is 11.4 Å². The van der Waals surface area contributed by atoms with E-state index in [1.165, 1.54) is 36.4 Å². The molecule has 0 spiro atoms. The molecule has 2 aromatic carbocycles. The monoisotopic (exact) mass is 406 g/mol. The van der Waals surface area contributed by atoms with Gasteiger partial charge in [-0.1, -0.05) is 35.5 Å². The molecule has 0 fully saturated rings. The Morgan fingerprint density at radius 2 is 2.07 bits per heavy atom. The molecule has 1 amide bonds. The quantitative estimate of drug-likeness (QED) is 0.274. The van der Waals surface area contributed by atoms with Crippen molar-refractivity contribution in [2.24, 2.45) is 0 Å². The van der Waals surface area contributed by atoms with Crippen LogP contribution in [0.2, 0.25) is 5.02 Å². The van der Waals surface area contributed by atoms with Gasteiger partial charge in [0, 0.05) is 11.1 Å². The van der Waals surface area contributed by atoms with Gasteiger partial charge in [0.15, 0.2) is 0 Å². The molecule has 3 aromatic rings. The van der Waals surface area contributed by atoms with Crippen LogP contribution < -0.4 is 5.32 Å². The molecule has 2 N–H and O–H groups in total. The van der Waals surface area contributed by atoms with Gasteiger partial charge in [-0.25, -0.2) is 0 Å². The number of phenolic OH excluding ortho intramolecular Hbond substituents is 1. The molecule has 0 aliphatic heterocycles. The summed E-state index contributed by atoms with van der Waals surface area (Å²) in [5.41, 5.74) is 0.209. The lowest BCUT2D eigenvalue weighted by atomic mass is 10.2. The number of thioether (sulfide) groups is 1. The average molecular weight is 407 g/mol. The number of nitro benzene ring substituents is 1. The molecule has 0 atom stereocenters. The van der Waals surface area contributed by atoms with Crippen molar-refractivity contribution in [2.45, 2.75) is 5.22 Å². The Morgan fingerprint density at radius 3 is 2.85 bits per heavy atom. The number of hydrogen-bond acceptors (Lipinski definition) is 8. The average Bonchev–Trinajstić information content (AvgIpc) is 3.12. The summed E-state index contributed by atoms with van der Waals surface area (Å²) in [6, 6.07) is 10.2. The van der Waals surface area contributed by atoms with Crippen molar-refractivity contribution >= 4 is 40.6 Å². The number of para-hydroxylation sites is 1. The molecular weight excluding hydrogens is 396 g/mol. The number of carbonyl (C=O) groups is 1. The number of aromatic hydroxyl groups is 1. The molecule has 0 saturated carbocycles. The molecule has 0 radical (unpaired) electrons. The molecule has 3 rings (SSSR count). The zero-order valence-electron chi connectivity index (χ0n) is 13.5. The highest BCUT2D eigenvalue weighted by molar-refractivity contribution is 7.99. The summed E-state index contributed by atoms with van der Waals surface area (Å²) >= 11 is 6.77. The van der Waals surface area contributed by atoms with E-state index in [9.17, 15) is 20.0 Å². The predicted molar refractivity (Wildman–Crippen MR) is 98.9 cm³/mol. The number of carbonyl (C=O) groups excluding carboxylic acids is 1. The molecule has 27 heavy (non-hydrogen) atoms. The highest BCUT2D eigenvalue weighted by atomic mass is 35.5. The second-order valence-electron chi connectivity index (χ2n) is 5.15. The lowest BCUT2D eigenvalue weighted by Crippen LogP contribution is -2.14. The minimum atomic E-state index is -0.544. The fourth-order valence-corrected chi connectivity index (χ4v) is 2.85. The summed E-state index contributed by atoms with van der Waals surface area (Å²) in [6.45, 7) is 0. The topological polar surface area (TPSA) is 131 Å². The lowest BCUT2D eigenvalue weighted by Gasteiger charge is -2.06. The van der Waals surface area contributed by atoms with Crippen LogP contribution in [0.5, 0.6) is 5.75 Å². The van der Waals surface area contributed by atoms with Crippen LogP contribution in [-0.4, -0.2) is 31.9 Å². The van der Waals surface area contributed by atoms with Gasteiger partial charge in [0.25, 0.3) is 16.8 Å². The highest BCUT2D eigenvalue weighted by Crippen LogP contribution is 2.31. The zero-order chi connectivity index (χ0) is 19.4. The van der Waals surface area contributed by atoms with Gasteiger partial charge in [0.05, 0.1) is 16.4 Å². The van der Waals surface area contributed by atoms with Gasteiger partial charge in [0.1, 0.15) is 11.3 Å². The molecule has 1 aromatic heterocycles. The maximum absolute atomic E-state index is 12.0. The molecule has 0 aliphatic rings. The van der Waals surface area contributed by atoms with Crippen molar-refractivity contribution in [1.82, 2.24) is 10.2 Å². The molecule has 0 bridgehead atoms. The summed E-state index contributed by atoms with van der Waals surface area (Å²) in [7, 11) is 0. The number of nitrogens with one attached hydrogen (secondary N) is 1. The summed E-state index contributed by atoms with van der Waals surface area (Å²) in [5, 5.41) is 31.3. The molecular formula is C16H11ClN4O5S. The fourth-order valence-electron chi connectivity index (χ4n) is 2.11. The Morgan fingerprint density at radius 1 is 1.30 bits per heavy atom. The van der Waals surface area contributed by atoms with E-state index in [-0.39, 0.29) is 39.6 Å². The van der Waals surface area contributed by atoms with Gasteiger partial charge >= 0.3 is 0 Å². The van der Waals surface area contributed by atoms with E-state index in [2.05, 4.69) is 15.5 Å². The maximum Gasteiger partial charge on any atom is 0.282 e. The van der Waals surface area contributed by atoms with Gasteiger partial charge in [-0.2, -0.15) is 0 Å². The summed E-state index contributed by atoms with van der Waals surface area (Å²) < 4.78 is 5.39. The molecule has 138 valence electrons. The van der Waals surface area contributed by atoms with E-state index in [0.717, 1.165) is 11.8 Å². The predicted octanol–water partition coefficient (Wildman–Crippen LogP) is 3.73. The van der Waals surface area contributed by atoms with E-state index in [0.29, 0.717) is 5.02 Å². The van der Waals surface area contributed by atoms with Crippen molar-refractivity contribution < 1.29 is 19.2 Å². The van der Waals surface area contributed by atoms with Crippen LogP contribution >= 0.6 is 23.4 Å². The van der Waals surface area contributed by atoms with Crippen LogP contribution in [0.25, 0.3) is 11.5 Å². The normalized spacial score (nSPS) is 10.6. The van der Waals surface area contributed by atoms with Gasteiger partial charge in [-0.05, 0) is 24.3 Å². The van der Waals surface area contributed by atoms with E-state index in [1.54, 1.807) is 6.07 Å². The van der Waals surface area contributed by atoms with E-state index in [4.69, 9.17) is 16.0 Å². The van der Waals surface area contributed by atoms with E-state index < -0.39 is 10.8 Å². The third kappa shape index (κ3) is 4.54. The number of nitro groups is 1. The minimum absolute atomic E-state index is 0.0160. The van der Waals surface area contributed by atoms with Gasteiger partial charge in [-0.3, -0.25) is 14.9 Å². The molecule has 0 aliphatic carbocycles. The third-order valence-corrected chi connectivity index (χ3v) is 4.35. The van der Waals surface area contributed by atoms with Gasteiger partial charge < -0.3 is 14.8 Å². The SMILES string of the molecule is O=C(CSc1nnc(-c2ccccc2[N+](=O)[O-])o1)Nc1cc(Cl)ccc1O. The number of anilines is 1. The van der Waals surface area contributed by atoms with Crippen molar-refractivity contribution in [3.8, 4) is 17.2 Å². The zero-order valence-corrected chi connectivity index (χ0v) is 15.0. The minimum Gasteiger partial charge on any atom is -0.506 e. The van der Waals surface area contributed by atoms with Crippen LogP contribution in [0.3, 0.4) is 0 Å². The van der Waals surface area contributed by atoms with Gasteiger partial charge in [0.2, 0.25) is 5.91 Å². The Labute approximate surface area is 161 Å². The first-order valence-electron chi connectivity index (χ1n) is 7.42.